The second-order valence-corrected chi connectivity index (χ2v) is 8.49. The fraction of sp³-hybridized carbons (Fsp3) is 0.300. The van der Waals surface area contributed by atoms with Gasteiger partial charge in [-0.25, -0.2) is 13.1 Å². The number of hydrogen-bond acceptors (Lipinski definition) is 6. The van der Waals surface area contributed by atoms with Gasteiger partial charge in [0.2, 0.25) is 15.9 Å². The number of sulfonamides is 1. The summed E-state index contributed by atoms with van der Waals surface area (Å²) in [6, 6.07) is 9.89. The molecule has 0 bridgehead atoms. The summed E-state index contributed by atoms with van der Waals surface area (Å²) in [6.45, 7) is 4.37. The highest BCUT2D eigenvalue weighted by molar-refractivity contribution is 7.89. The Morgan fingerprint density at radius 1 is 1.17 bits per heavy atom. The third-order valence-corrected chi connectivity index (χ3v) is 5.83. The number of fused-ring (bicyclic) bond motifs is 1. The van der Waals surface area contributed by atoms with Crippen molar-refractivity contribution in [1.82, 2.24) is 9.88 Å². The molecule has 0 aliphatic carbocycles. The van der Waals surface area contributed by atoms with Gasteiger partial charge in [-0.15, -0.1) is 0 Å². The van der Waals surface area contributed by atoms with Crippen molar-refractivity contribution < 1.29 is 22.5 Å². The second kappa shape index (κ2) is 8.73. The van der Waals surface area contributed by atoms with E-state index < -0.39 is 10.0 Å². The van der Waals surface area contributed by atoms with Gasteiger partial charge in [0.25, 0.3) is 0 Å². The Labute approximate surface area is 169 Å². The predicted octanol–water partition coefficient (Wildman–Crippen LogP) is 2.55. The molecule has 9 heteroatoms. The molecule has 1 aromatic heterocycles. The molecule has 0 atom stereocenters. The normalized spacial score (nSPS) is 11.7. The number of amides is 1. The topological polar surface area (TPSA) is 111 Å². The first-order chi connectivity index (χ1) is 13.8. The lowest BCUT2D eigenvalue weighted by Crippen LogP contribution is -2.27. The SMILES string of the molecule is COCCNS(=O)(=O)c1ccc(NC(=O)Cc2noc3c(C)cc(C)cc23)cc1. The van der Waals surface area contributed by atoms with Crippen molar-refractivity contribution in [3.8, 4) is 0 Å². The van der Waals surface area contributed by atoms with E-state index in [4.69, 9.17) is 9.26 Å². The zero-order valence-electron chi connectivity index (χ0n) is 16.5. The highest BCUT2D eigenvalue weighted by Gasteiger charge is 2.16. The lowest BCUT2D eigenvalue weighted by molar-refractivity contribution is -0.115. The minimum atomic E-state index is -3.62. The standard InChI is InChI=1S/C20H23N3O5S/c1-13-10-14(2)20-17(11-13)18(23-28-20)12-19(24)22-15-4-6-16(7-5-15)29(25,26)21-8-9-27-3/h4-7,10-11,21H,8-9,12H2,1-3H3,(H,22,24). The molecule has 0 aliphatic heterocycles. The molecule has 2 aromatic carbocycles. The Bertz CT molecular complexity index is 1120. The number of aromatic nitrogens is 1. The number of methoxy groups -OCH3 is 1. The number of carbonyl (C=O) groups excluding carboxylic acids is 1. The minimum Gasteiger partial charge on any atom is -0.383 e. The van der Waals surface area contributed by atoms with Crippen LogP contribution < -0.4 is 10.0 Å². The molecule has 1 amide bonds. The van der Waals surface area contributed by atoms with Crippen molar-refractivity contribution in [2.45, 2.75) is 25.2 Å². The summed E-state index contributed by atoms with van der Waals surface area (Å²) in [5.41, 5.74) is 3.76. The zero-order chi connectivity index (χ0) is 21.0. The zero-order valence-corrected chi connectivity index (χ0v) is 17.3. The third kappa shape index (κ3) is 5.00. The average Bonchev–Trinajstić information content (AvgIpc) is 3.05. The predicted molar refractivity (Wildman–Crippen MR) is 109 cm³/mol. The second-order valence-electron chi connectivity index (χ2n) is 6.73. The molecular weight excluding hydrogens is 394 g/mol. The molecular formula is C20H23N3O5S. The largest absolute Gasteiger partial charge is 0.383 e. The van der Waals surface area contributed by atoms with Crippen LogP contribution >= 0.6 is 0 Å². The summed E-state index contributed by atoms with van der Waals surface area (Å²) in [5, 5.41) is 7.60. The van der Waals surface area contributed by atoms with E-state index in [1.165, 1.54) is 31.4 Å². The number of ether oxygens (including phenoxy) is 1. The van der Waals surface area contributed by atoms with E-state index in [1.807, 2.05) is 26.0 Å². The lowest BCUT2D eigenvalue weighted by Gasteiger charge is -2.08. The number of anilines is 1. The van der Waals surface area contributed by atoms with E-state index in [0.717, 1.165) is 16.5 Å². The molecule has 29 heavy (non-hydrogen) atoms. The first-order valence-electron chi connectivity index (χ1n) is 9.04. The van der Waals surface area contributed by atoms with Gasteiger partial charge in [0.15, 0.2) is 5.58 Å². The first-order valence-corrected chi connectivity index (χ1v) is 10.5. The molecule has 0 unspecified atom stereocenters. The van der Waals surface area contributed by atoms with E-state index in [2.05, 4.69) is 15.2 Å². The van der Waals surface area contributed by atoms with E-state index in [9.17, 15) is 13.2 Å². The number of hydrogen-bond donors (Lipinski definition) is 2. The molecule has 0 radical (unpaired) electrons. The third-order valence-electron chi connectivity index (χ3n) is 4.35. The van der Waals surface area contributed by atoms with Crippen LogP contribution in [0.2, 0.25) is 0 Å². The monoisotopic (exact) mass is 417 g/mol. The Morgan fingerprint density at radius 3 is 2.59 bits per heavy atom. The molecule has 0 aliphatic rings. The lowest BCUT2D eigenvalue weighted by atomic mass is 10.1. The van der Waals surface area contributed by atoms with Crippen LogP contribution in [0.5, 0.6) is 0 Å². The summed E-state index contributed by atoms with van der Waals surface area (Å²) >= 11 is 0. The Balaban J connectivity index is 1.67. The molecule has 8 nitrogen and oxygen atoms in total. The van der Waals surface area contributed by atoms with Crippen LogP contribution in [0.3, 0.4) is 0 Å². The van der Waals surface area contributed by atoms with E-state index >= 15 is 0 Å². The van der Waals surface area contributed by atoms with E-state index in [1.54, 1.807) is 0 Å². The van der Waals surface area contributed by atoms with Crippen LogP contribution in [0, 0.1) is 13.8 Å². The van der Waals surface area contributed by atoms with Crippen LogP contribution in [0.15, 0.2) is 45.8 Å². The first kappa shape index (κ1) is 21.0. The number of rotatable bonds is 8. The maximum absolute atomic E-state index is 12.4. The van der Waals surface area contributed by atoms with Crippen molar-refractivity contribution in [1.29, 1.82) is 0 Å². The van der Waals surface area contributed by atoms with Gasteiger partial charge in [0.05, 0.1) is 17.9 Å². The Morgan fingerprint density at radius 2 is 1.90 bits per heavy atom. The van der Waals surface area contributed by atoms with E-state index in [-0.39, 0.29) is 30.4 Å². The van der Waals surface area contributed by atoms with Crippen LogP contribution in [0.1, 0.15) is 16.8 Å². The highest BCUT2D eigenvalue weighted by Crippen LogP contribution is 2.24. The Kier molecular flexibility index (Phi) is 6.31. The van der Waals surface area contributed by atoms with Gasteiger partial charge in [0, 0.05) is 24.7 Å². The van der Waals surface area contributed by atoms with Gasteiger partial charge in [-0.05, 0) is 55.3 Å². The molecule has 0 spiro atoms. The molecule has 2 N–H and O–H groups in total. The number of carbonyl (C=O) groups is 1. The summed E-state index contributed by atoms with van der Waals surface area (Å²) in [6.07, 6.45) is 0.0501. The summed E-state index contributed by atoms with van der Waals surface area (Å²) < 4.78 is 37.0. The molecule has 1 heterocycles. The number of nitrogens with one attached hydrogen (secondary N) is 2. The van der Waals surface area contributed by atoms with Gasteiger partial charge < -0.3 is 14.6 Å². The highest BCUT2D eigenvalue weighted by atomic mass is 32.2. The van der Waals surface area contributed by atoms with Crippen LogP contribution in [0.4, 0.5) is 5.69 Å². The number of aryl methyl sites for hydroxylation is 2. The maximum atomic E-state index is 12.4. The van der Waals surface area contributed by atoms with Crippen LogP contribution in [-0.2, 0) is 26.0 Å². The van der Waals surface area contributed by atoms with Crippen LogP contribution in [0.25, 0.3) is 11.0 Å². The quantitative estimate of drug-likeness (QED) is 0.545. The van der Waals surface area contributed by atoms with Gasteiger partial charge >= 0.3 is 0 Å². The summed E-state index contributed by atoms with van der Waals surface area (Å²) in [4.78, 5) is 12.5. The van der Waals surface area contributed by atoms with Crippen molar-refractivity contribution in [3.05, 3.63) is 53.2 Å². The fourth-order valence-electron chi connectivity index (χ4n) is 3.00. The number of benzene rings is 2. The summed E-state index contributed by atoms with van der Waals surface area (Å²) in [5.74, 6) is -0.270. The summed E-state index contributed by atoms with van der Waals surface area (Å²) in [7, 11) is -2.12. The minimum absolute atomic E-state index is 0.0501. The van der Waals surface area contributed by atoms with Gasteiger partial charge in [0.1, 0.15) is 5.69 Å². The van der Waals surface area contributed by atoms with Crippen molar-refractivity contribution >= 4 is 32.6 Å². The number of nitrogens with zero attached hydrogens (tertiary/aromatic N) is 1. The molecule has 3 aromatic rings. The molecule has 154 valence electrons. The molecule has 0 saturated carbocycles. The van der Waals surface area contributed by atoms with Crippen molar-refractivity contribution in [2.24, 2.45) is 0 Å². The molecule has 3 rings (SSSR count). The van der Waals surface area contributed by atoms with Crippen molar-refractivity contribution in [2.75, 3.05) is 25.6 Å². The smallest absolute Gasteiger partial charge is 0.240 e. The maximum Gasteiger partial charge on any atom is 0.240 e. The van der Waals surface area contributed by atoms with Crippen LogP contribution in [-0.4, -0.2) is 39.7 Å². The molecule has 0 fully saturated rings. The van der Waals surface area contributed by atoms with Gasteiger partial charge in [-0.2, -0.15) is 0 Å². The van der Waals surface area contributed by atoms with Gasteiger partial charge in [-0.1, -0.05) is 11.2 Å². The van der Waals surface area contributed by atoms with Gasteiger partial charge in [-0.3, -0.25) is 4.79 Å². The van der Waals surface area contributed by atoms with E-state index in [0.29, 0.717) is 17.0 Å². The Hall–Kier alpha value is -2.75. The fourth-order valence-corrected chi connectivity index (χ4v) is 4.02. The van der Waals surface area contributed by atoms with Crippen molar-refractivity contribution in [3.63, 3.8) is 0 Å². The average molecular weight is 417 g/mol. The molecule has 0 saturated heterocycles.